The number of rotatable bonds is 7. The molecule has 0 aliphatic carbocycles. The molecule has 0 N–H and O–H groups in total. The van der Waals surface area contributed by atoms with Crippen LogP contribution < -0.4 is 4.74 Å². The standard InChI is InChI=1S/C11H14IN3O/c12-10-5-4-6-11(9-10)16-8-3-1-2-7-14-15-13/h4-6,9H,1-3,7-8H2. The monoisotopic (exact) mass is 331 g/mol. The van der Waals surface area contributed by atoms with Gasteiger partial charge in [-0.05, 0) is 65.6 Å². The summed E-state index contributed by atoms with van der Waals surface area (Å²) in [6, 6.07) is 7.99. The smallest absolute Gasteiger partial charge is 0.120 e. The highest BCUT2D eigenvalue weighted by atomic mass is 127. The van der Waals surface area contributed by atoms with Crippen LogP contribution in [0.4, 0.5) is 0 Å². The molecule has 0 spiro atoms. The fourth-order valence-corrected chi connectivity index (χ4v) is 1.77. The Morgan fingerprint density at radius 2 is 2.19 bits per heavy atom. The molecule has 1 rings (SSSR count). The van der Waals surface area contributed by atoms with Crippen molar-refractivity contribution >= 4 is 22.6 Å². The number of halogens is 1. The molecule has 4 nitrogen and oxygen atoms in total. The molecule has 0 fully saturated rings. The molecule has 0 radical (unpaired) electrons. The molecule has 0 saturated heterocycles. The van der Waals surface area contributed by atoms with E-state index in [1.165, 1.54) is 3.57 Å². The summed E-state index contributed by atoms with van der Waals surface area (Å²) in [6.45, 7) is 1.30. The molecule has 16 heavy (non-hydrogen) atoms. The van der Waals surface area contributed by atoms with E-state index >= 15 is 0 Å². The molecule has 1 aromatic carbocycles. The van der Waals surface area contributed by atoms with Gasteiger partial charge >= 0.3 is 0 Å². The normalized spacial score (nSPS) is 9.56. The van der Waals surface area contributed by atoms with Crippen molar-refractivity contribution < 1.29 is 4.74 Å². The molecular weight excluding hydrogens is 317 g/mol. The van der Waals surface area contributed by atoms with E-state index in [2.05, 4.69) is 32.6 Å². The molecule has 86 valence electrons. The predicted molar refractivity (Wildman–Crippen MR) is 72.5 cm³/mol. The maximum Gasteiger partial charge on any atom is 0.120 e. The van der Waals surface area contributed by atoms with Gasteiger partial charge in [-0.25, -0.2) is 0 Å². The van der Waals surface area contributed by atoms with Crippen LogP contribution in [-0.2, 0) is 0 Å². The summed E-state index contributed by atoms with van der Waals surface area (Å²) in [4.78, 5) is 2.70. The summed E-state index contributed by atoms with van der Waals surface area (Å²) in [5.74, 6) is 0.918. The zero-order valence-corrected chi connectivity index (χ0v) is 11.1. The molecular formula is C11H14IN3O. The zero-order valence-electron chi connectivity index (χ0n) is 8.97. The van der Waals surface area contributed by atoms with Crippen molar-refractivity contribution in [3.8, 4) is 5.75 Å². The molecule has 0 atom stereocenters. The Balaban J connectivity index is 2.09. The number of hydrogen-bond donors (Lipinski definition) is 0. The first-order valence-corrected chi connectivity index (χ1v) is 6.30. The highest BCUT2D eigenvalue weighted by Gasteiger charge is 1.94. The minimum Gasteiger partial charge on any atom is -0.494 e. The second-order valence-electron chi connectivity index (χ2n) is 3.32. The molecule has 0 aliphatic heterocycles. The number of azide groups is 1. The molecule has 0 heterocycles. The molecule has 1 aromatic rings. The summed E-state index contributed by atoms with van der Waals surface area (Å²) in [5.41, 5.74) is 8.08. The van der Waals surface area contributed by atoms with Gasteiger partial charge in [-0.2, -0.15) is 0 Å². The highest BCUT2D eigenvalue weighted by molar-refractivity contribution is 14.1. The van der Waals surface area contributed by atoms with Crippen molar-refractivity contribution in [3.05, 3.63) is 38.3 Å². The molecule has 0 aromatic heterocycles. The van der Waals surface area contributed by atoms with Gasteiger partial charge in [-0.15, -0.1) is 0 Å². The molecule has 0 bridgehead atoms. The predicted octanol–water partition coefficient (Wildman–Crippen LogP) is 4.15. The van der Waals surface area contributed by atoms with Gasteiger partial charge in [-0.1, -0.05) is 11.2 Å². The molecule has 0 amide bonds. The van der Waals surface area contributed by atoms with Crippen LogP contribution in [0.3, 0.4) is 0 Å². The van der Waals surface area contributed by atoms with Crippen LogP contribution in [0, 0.1) is 3.57 Å². The number of unbranched alkanes of at least 4 members (excludes halogenated alkanes) is 2. The fraction of sp³-hybridized carbons (Fsp3) is 0.455. The first kappa shape index (κ1) is 13.1. The van der Waals surface area contributed by atoms with Gasteiger partial charge in [0.15, 0.2) is 0 Å². The Kier molecular flexibility index (Phi) is 6.76. The third-order valence-corrected chi connectivity index (χ3v) is 2.70. The van der Waals surface area contributed by atoms with E-state index in [9.17, 15) is 0 Å². The van der Waals surface area contributed by atoms with E-state index in [1.807, 2.05) is 24.3 Å². The van der Waals surface area contributed by atoms with Crippen LogP contribution in [0.15, 0.2) is 29.4 Å². The van der Waals surface area contributed by atoms with Crippen LogP contribution in [0.1, 0.15) is 19.3 Å². The molecule has 5 heteroatoms. The van der Waals surface area contributed by atoms with Crippen LogP contribution in [-0.4, -0.2) is 13.2 Å². The van der Waals surface area contributed by atoms with E-state index < -0.39 is 0 Å². The van der Waals surface area contributed by atoms with Gasteiger partial charge in [0.05, 0.1) is 6.61 Å². The lowest BCUT2D eigenvalue weighted by atomic mass is 10.2. The van der Waals surface area contributed by atoms with Crippen molar-refractivity contribution in [1.82, 2.24) is 0 Å². The van der Waals surface area contributed by atoms with Gasteiger partial charge < -0.3 is 4.74 Å². The Morgan fingerprint density at radius 1 is 1.31 bits per heavy atom. The van der Waals surface area contributed by atoms with Gasteiger partial charge in [0, 0.05) is 15.0 Å². The molecule has 0 unspecified atom stereocenters. The van der Waals surface area contributed by atoms with Crippen LogP contribution >= 0.6 is 22.6 Å². The van der Waals surface area contributed by atoms with E-state index in [0.29, 0.717) is 6.54 Å². The third-order valence-electron chi connectivity index (χ3n) is 2.03. The number of hydrogen-bond acceptors (Lipinski definition) is 2. The van der Waals surface area contributed by atoms with E-state index in [-0.39, 0.29) is 0 Å². The third kappa shape index (κ3) is 5.82. The van der Waals surface area contributed by atoms with Gasteiger partial charge in [0.25, 0.3) is 0 Å². The second-order valence-corrected chi connectivity index (χ2v) is 4.57. The van der Waals surface area contributed by atoms with E-state index in [0.717, 1.165) is 31.6 Å². The van der Waals surface area contributed by atoms with Gasteiger partial charge in [-0.3, -0.25) is 0 Å². The van der Waals surface area contributed by atoms with Crippen LogP contribution in [0.2, 0.25) is 0 Å². The summed E-state index contributed by atoms with van der Waals surface area (Å²) in [5, 5.41) is 3.48. The SMILES string of the molecule is [N-]=[N+]=NCCCCCOc1cccc(I)c1. The second kappa shape index (κ2) is 8.24. The van der Waals surface area contributed by atoms with Gasteiger partial charge in [0.1, 0.15) is 5.75 Å². The minimum atomic E-state index is 0.583. The Bertz CT molecular complexity index is 364. The summed E-state index contributed by atoms with van der Waals surface area (Å²) >= 11 is 2.26. The topological polar surface area (TPSA) is 58.0 Å². The summed E-state index contributed by atoms with van der Waals surface area (Å²) < 4.78 is 6.76. The quantitative estimate of drug-likeness (QED) is 0.243. The Labute approximate surface area is 109 Å². The van der Waals surface area contributed by atoms with Crippen LogP contribution in [0.5, 0.6) is 5.75 Å². The Morgan fingerprint density at radius 3 is 2.94 bits per heavy atom. The van der Waals surface area contributed by atoms with E-state index in [1.54, 1.807) is 0 Å². The first-order chi connectivity index (χ1) is 7.83. The molecule has 0 aliphatic rings. The zero-order chi connectivity index (χ0) is 11.6. The largest absolute Gasteiger partial charge is 0.494 e. The number of ether oxygens (including phenoxy) is 1. The fourth-order valence-electron chi connectivity index (χ4n) is 1.25. The Hall–Kier alpha value is -0.940. The van der Waals surface area contributed by atoms with Crippen molar-refractivity contribution in [1.29, 1.82) is 0 Å². The van der Waals surface area contributed by atoms with Crippen molar-refractivity contribution in [2.24, 2.45) is 5.11 Å². The number of nitrogens with zero attached hydrogens (tertiary/aromatic N) is 3. The van der Waals surface area contributed by atoms with Crippen molar-refractivity contribution in [2.45, 2.75) is 19.3 Å². The maximum absolute atomic E-state index is 8.08. The van der Waals surface area contributed by atoms with E-state index in [4.69, 9.17) is 10.3 Å². The molecule has 0 saturated carbocycles. The summed E-state index contributed by atoms with van der Waals surface area (Å²) in [6.07, 6.45) is 2.95. The average Bonchev–Trinajstić information content (AvgIpc) is 2.28. The lowest BCUT2D eigenvalue weighted by molar-refractivity contribution is 0.305. The lowest BCUT2D eigenvalue weighted by Crippen LogP contribution is -1.97. The lowest BCUT2D eigenvalue weighted by Gasteiger charge is -2.05. The van der Waals surface area contributed by atoms with Gasteiger partial charge in [0.2, 0.25) is 0 Å². The first-order valence-electron chi connectivity index (χ1n) is 5.22. The average molecular weight is 331 g/mol. The van der Waals surface area contributed by atoms with Crippen LogP contribution in [0.25, 0.3) is 10.4 Å². The number of benzene rings is 1. The van der Waals surface area contributed by atoms with Crippen molar-refractivity contribution in [2.75, 3.05) is 13.2 Å². The highest BCUT2D eigenvalue weighted by Crippen LogP contribution is 2.15. The minimum absolute atomic E-state index is 0.583. The summed E-state index contributed by atoms with van der Waals surface area (Å²) in [7, 11) is 0. The maximum atomic E-state index is 8.08. The van der Waals surface area contributed by atoms with Crippen molar-refractivity contribution in [3.63, 3.8) is 0 Å².